The van der Waals surface area contributed by atoms with Gasteiger partial charge in [-0.05, 0) is 38.1 Å². The van der Waals surface area contributed by atoms with Gasteiger partial charge in [0.25, 0.3) is 5.91 Å². The molecule has 1 aromatic carbocycles. The average Bonchev–Trinajstić information content (AvgIpc) is 2.56. The maximum absolute atomic E-state index is 12.9. The van der Waals surface area contributed by atoms with Crippen LogP contribution in [0.1, 0.15) is 29.9 Å². The smallest absolute Gasteiger partial charge is 0.356 e. The number of alkyl halides is 3. The van der Waals surface area contributed by atoms with Gasteiger partial charge in [-0.25, -0.2) is 0 Å². The van der Waals surface area contributed by atoms with Gasteiger partial charge in [-0.1, -0.05) is 12.1 Å². The number of carbonyl (C=O) groups excluding carboxylic acids is 1. The van der Waals surface area contributed by atoms with Gasteiger partial charge in [0, 0.05) is 13.1 Å². The molecule has 0 bridgehead atoms. The van der Waals surface area contributed by atoms with Crippen molar-refractivity contribution in [1.29, 1.82) is 0 Å². The number of para-hydroxylation sites is 1. The molecule has 24 heavy (non-hydrogen) atoms. The molecule has 0 saturated carbocycles. The predicted molar refractivity (Wildman–Crippen MR) is 85.0 cm³/mol. The van der Waals surface area contributed by atoms with Crippen LogP contribution in [0.2, 0.25) is 0 Å². The lowest BCUT2D eigenvalue weighted by molar-refractivity contribution is -0.136. The van der Waals surface area contributed by atoms with Crippen LogP contribution in [0.25, 0.3) is 0 Å². The van der Waals surface area contributed by atoms with Crippen LogP contribution in [0.3, 0.4) is 0 Å². The summed E-state index contributed by atoms with van der Waals surface area (Å²) in [6, 6.07) is 7.83. The Morgan fingerprint density at radius 2 is 1.75 bits per heavy atom. The highest BCUT2D eigenvalue weighted by atomic mass is 19.4. The third kappa shape index (κ3) is 4.01. The lowest BCUT2D eigenvalue weighted by Crippen LogP contribution is -2.24. The highest BCUT2D eigenvalue weighted by molar-refractivity contribution is 6.03. The number of halogens is 3. The minimum Gasteiger partial charge on any atom is -0.356 e. The van der Waals surface area contributed by atoms with Crippen molar-refractivity contribution in [2.24, 2.45) is 0 Å². The second-order valence-corrected chi connectivity index (χ2v) is 4.95. The second kappa shape index (κ2) is 7.29. The first kappa shape index (κ1) is 17.7. The van der Waals surface area contributed by atoms with E-state index in [0.29, 0.717) is 5.82 Å². The first-order valence-electron chi connectivity index (χ1n) is 7.43. The van der Waals surface area contributed by atoms with Crippen LogP contribution in [0.15, 0.2) is 36.4 Å². The van der Waals surface area contributed by atoms with Crippen molar-refractivity contribution in [3.8, 4) is 0 Å². The molecule has 0 atom stereocenters. The molecule has 128 valence electrons. The number of rotatable bonds is 5. The molecular weight excluding hydrogens is 321 g/mol. The molecule has 1 heterocycles. The van der Waals surface area contributed by atoms with E-state index in [9.17, 15) is 18.0 Å². The number of benzene rings is 1. The first-order chi connectivity index (χ1) is 11.4. The van der Waals surface area contributed by atoms with E-state index in [1.165, 1.54) is 24.3 Å². The Labute approximate surface area is 137 Å². The normalized spacial score (nSPS) is 11.2. The van der Waals surface area contributed by atoms with E-state index in [-0.39, 0.29) is 11.4 Å². The topological polar surface area (TPSA) is 58.1 Å². The van der Waals surface area contributed by atoms with Gasteiger partial charge in [0.05, 0.1) is 11.3 Å². The molecule has 0 fully saturated rings. The summed E-state index contributed by atoms with van der Waals surface area (Å²) in [6.07, 6.45) is -4.55. The van der Waals surface area contributed by atoms with E-state index in [0.717, 1.165) is 19.2 Å². The van der Waals surface area contributed by atoms with E-state index < -0.39 is 17.6 Å². The van der Waals surface area contributed by atoms with Gasteiger partial charge in [0.2, 0.25) is 0 Å². The fraction of sp³-hybridized carbons (Fsp3) is 0.312. The zero-order valence-electron chi connectivity index (χ0n) is 13.3. The number of nitrogens with one attached hydrogen (secondary N) is 1. The minimum absolute atomic E-state index is 0.0529. The van der Waals surface area contributed by atoms with Crippen LogP contribution in [0.5, 0.6) is 0 Å². The predicted octanol–water partition coefficient (Wildman–Crippen LogP) is 3.59. The number of carbonyl (C=O) groups is 1. The summed E-state index contributed by atoms with van der Waals surface area (Å²) in [6.45, 7) is 5.38. The van der Waals surface area contributed by atoms with E-state index in [1.54, 1.807) is 6.07 Å². The Kier molecular flexibility index (Phi) is 5.38. The van der Waals surface area contributed by atoms with Crippen molar-refractivity contribution in [3.05, 3.63) is 47.7 Å². The van der Waals surface area contributed by atoms with Crippen molar-refractivity contribution < 1.29 is 18.0 Å². The van der Waals surface area contributed by atoms with Gasteiger partial charge in [-0.15, -0.1) is 10.2 Å². The van der Waals surface area contributed by atoms with Crippen molar-refractivity contribution in [3.63, 3.8) is 0 Å². The van der Waals surface area contributed by atoms with Crippen molar-refractivity contribution in [2.75, 3.05) is 23.3 Å². The summed E-state index contributed by atoms with van der Waals surface area (Å²) in [5.41, 5.74) is -1.28. The Balaban J connectivity index is 2.19. The molecule has 8 heteroatoms. The molecule has 1 N–H and O–H groups in total. The SMILES string of the molecule is CCN(CC)c1ccc(C(=O)Nc2ccccc2C(F)(F)F)nn1. The molecule has 2 rings (SSSR count). The summed E-state index contributed by atoms with van der Waals surface area (Å²) in [5.74, 6) is -0.141. The Morgan fingerprint density at radius 1 is 1.08 bits per heavy atom. The molecule has 5 nitrogen and oxygen atoms in total. The standard InChI is InChI=1S/C16H17F3N4O/c1-3-23(4-2)14-10-9-13(21-22-14)15(24)20-12-8-6-5-7-11(12)16(17,18)19/h5-10H,3-4H2,1-2H3,(H,20,24). The second-order valence-electron chi connectivity index (χ2n) is 4.95. The quantitative estimate of drug-likeness (QED) is 0.905. The minimum atomic E-state index is -4.55. The van der Waals surface area contributed by atoms with Gasteiger partial charge in [-0.3, -0.25) is 4.79 Å². The van der Waals surface area contributed by atoms with E-state index in [4.69, 9.17) is 0 Å². The number of hydrogen-bond acceptors (Lipinski definition) is 4. The number of anilines is 2. The van der Waals surface area contributed by atoms with E-state index in [1.807, 2.05) is 18.7 Å². The van der Waals surface area contributed by atoms with Gasteiger partial charge in [0.1, 0.15) is 0 Å². The fourth-order valence-electron chi connectivity index (χ4n) is 2.19. The Hall–Kier alpha value is -2.64. The van der Waals surface area contributed by atoms with Crippen LogP contribution in [-0.2, 0) is 6.18 Å². The van der Waals surface area contributed by atoms with Crippen LogP contribution >= 0.6 is 0 Å². The molecule has 0 saturated heterocycles. The summed E-state index contributed by atoms with van der Waals surface area (Å²) in [4.78, 5) is 14.1. The summed E-state index contributed by atoms with van der Waals surface area (Å²) < 4.78 is 38.8. The van der Waals surface area contributed by atoms with Gasteiger partial charge < -0.3 is 10.2 Å². The molecular formula is C16H17F3N4O. The van der Waals surface area contributed by atoms with Crippen molar-refractivity contribution in [2.45, 2.75) is 20.0 Å². The molecule has 0 radical (unpaired) electrons. The van der Waals surface area contributed by atoms with Crippen LogP contribution in [0.4, 0.5) is 24.7 Å². The van der Waals surface area contributed by atoms with E-state index >= 15 is 0 Å². The summed E-state index contributed by atoms with van der Waals surface area (Å²) in [5, 5.41) is 9.98. The number of hydrogen-bond donors (Lipinski definition) is 1. The van der Waals surface area contributed by atoms with Crippen LogP contribution in [-0.4, -0.2) is 29.2 Å². The maximum atomic E-state index is 12.9. The summed E-state index contributed by atoms with van der Waals surface area (Å²) >= 11 is 0. The molecule has 0 aliphatic carbocycles. The molecule has 0 aliphatic heterocycles. The molecule has 1 amide bonds. The average molecular weight is 338 g/mol. The van der Waals surface area contributed by atoms with Gasteiger partial charge in [-0.2, -0.15) is 13.2 Å². The maximum Gasteiger partial charge on any atom is 0.418 e. The lowest BCUT2D eigenvalue weighted by atomic mass is 10.1. The molecule has 0 aliphatic rings. The Morgan fingerprint density at radius 3 is 2.29 bits per heavy atom. The number of nitrogens with zero attached hydrogens (tertiary/aromatic N) is 3. The van der Waals surface area contributed by atoms with Crippen LogP contribution in [0, 0.1) is 0 Å². The number of amides is 1. The van der Waals surface area contributed by atoms with Crippen LogP contribution < -0.4 is 10.2 Å². The largest absolute Gasteiger partial charge is 0.418 e. The Bertz CT molecular complexity index is 697. The highest BCUT2D eigenvalue weighted by Gasteiger charge is 2.33. The zero-order valence-corrected chi connectivity index (χ0v) is 13.3. The van der Waals surface area contributed by atoms with E-state index in [2.05, 4.69) is 15.5 Å². The summed E-state index contributed by atoms with van der Waals surface area (Å²) in [7, 11) is 0. The molecule has 0 spiro atoms. The monoisotopic (exact) mass is 338 g/mol. The first-order valence-corrected chi connectivity index (χ1v) is 7.43. The van der Waals surface area contributed by atoms with Gasteiger partial charge in [0.15, 0.2) is 11.5 Å². The lowest BCUT2D eigenvalue weighted by Gasteiger charge is -2.18. The fourth-order valence-corrected chi connectivity index (χ4v) is 2.19. The van der Waals surface area contributed by atoms with Crippen molar-refractivity contribution in [1.82, 2.24) is 10.2 Å². The van der Waals surface area contributed by atoms with Crippen molar-refractivity contribution >= 4 is 17.4 Å². The highest BCUT2D eigenvalue weighted by Crippen LogP contribution is 2.34. The molecule has 0 unspecified atom stereocenters. The van der Waals surface area contributed by atoms with Gasteiger partial charge >= 0.3 is 6.18 Å². The zero-order chi connectivity index (χ0) is 17.7. The molecule has 1 aromatic heterocycles. The number of aromatic nitrogens is 2. The molecule has 2 aromatic rings. The third-order valence-electron chi connectivity index (χ3n) is 3.45. The third-order valence-corrected chi connectivity index (χ3v) is 3.45.